The molecule has 0 aliphatic carbocycles. The van der Waals surface area contributed by atoms with Gasteiger partial charge >= 0.3 is 5.69 Å². The van der Waals surface area contributed by atoms with Crippen LogP contribution in [0.3, 0.4) is 0 Å². The number of halogens is 1. The van der Waals surface area contributed by atoms with Gasteiger partial charge in [0.2, 0.25) is 5.82 Å². The molecular formula is C8H10FN3O3. The van der Waals surface area contributed by atoms with E-state index in [0.717, 1.165) is 6.07 Å². The second-order valence-corrected chi connectivity index (χ2v) is 2.96. The Morgan fingerprint density at radius 3 is 2.67 bits per heavy atom. The van der Waals surface area contributed by atoms with Crippen molar-refractivity contribution in [1.82, 2.24) is 0 Å². The second kappa shape index (κ2) is 4.20. The summed E-state index contributed by atoms with van der Waals surface area (Å²) < 4.78 is 13.0. The fraction of sp³-hybridized carbons (Fsp3) is 0.250. The number of aromatic hydroxyl groups is 1. The normalized spacial score (nSPS) is 12.5. The van der Waals surface area contributed by atoms with Gasteiger partial charge in [-0.2, -0.15) is 4.39 Å². The van der Waals surface area contributed by atoms with E-state index >= 15 is 0 Å². The number of nitro benzene ring substituents is 1. The summed E-state index contributed by atoms with van der Waals surface area (Å²) in [5.74, 6) is -1.54. The first-order valence-corrected chi connectivity index (χ1v) is 4.09. The molecule has 0 unspecified atom stereocenters. The van der Waals surface area contributed by atoms with E-state index in [9.17, 15) is 19.6 Å². The molecule has 7 heteroatoms. The molecule has 15 heavy (non-hydrogen) atoms. The summed E-state index contributed by atoms with van der Waals surface area (Å²) in [6.45, 7) is -0.00362. The number of nitrogens with zero attached hydrogens (tertiary/aromatic N) is 1. The average Bonchev–Trinajstić information content (AvgIpc) is 2.16. The molecule has 1 rings (SSSR count). The lowest BCUT2D eigenvalue weighted by Gasteiger charge is -2.10. The largest absolute Gasteiger partial charge is 0.507 e. The molecule has 82 valence electrons. The fourth-order valence-corrected chi connectivity index (χ4v) is 1.13. The van der Waals surface area contributed by atoms with Crippen molar-refractivity contribution in [3.63, 3.8) is 0 Å². The van der Waals surface area contributed by atoms with E-state index in [2.05, 4.69) is 0 Å². The Balaban J connectivity index is 3.29. The first-order valence-electron chi connectivity index (χ1n) is 4.09. The Hall–Kier alpha value is -1.73. The SMILES string of the molecule is NC[C@H](N)c1cc([N+](=O)[O-])c(F)cc1O. The van der Waals surface area contributed by atoms with E-state index in [1.165, 1.54) is 0 Å². The summed E-state index contributed by atoms with van der Waals surface area (Å²) in [5, 5.41) is 19.7. The van der Waals surface area contributed by atoms with Gasteiger partial charge in [-0.25, -0.2) is 0 Å². The van der Waals surface area contributed by atoms with Gasteiger partial charge in [0.05, 0.1) is 4.92 Å². The third-order valence-corrected chi connectivity index (χ3v) is 1.95. The minimum Gasteiger partial charge on any atom is -0.507 e. The van der Waals surface area contributed by atoms with Gasteiger partial charge in [-0.3, -0.25) is 10.1 Å². The van der Waals surface area contributed by atoms with E-state index < -0.39 is 28.2 Å². The molecule has 1 atom stereocenters. The lowest BCUT2D eigenvalue weighted by Crippen LogP contribution is -2.21. The zero-order valence-corrected chi connectivity index (χ0v) is 7.68. The minimum absolute atomic E-state index is 0.00362. The molecule has 5 N–H and O–H groups in total. The molecule has 0 aliphatic rings. The highest BCUT2D eigenvalue weighted by atomic mass is 19.1. The van der Waals surface area contributed by atoms with Gasteiger partial charge in [0, 0.05) is 30.3 Å². The molecule has 0 aliphatic heterocycles. The van der Waals surface area contributed by atoms with Crippen LogP contribution >= 0.6 is 0 Å². The van der Waals surface area contributed by atoms with Gasteiger partial charge in [-0.1, -0.05) is 0 Å². The van der Waals surface area contributed by atoms with Crippen LogP contribution in [0.15, 0.2) is 12.1 Å². The number of nitrogens with two attached hydrogens (primary N) is 2. The Morgan fingerprint density at radius 1 is 1.60 bits per heavy atom. The molecule has 0 amide bonds. The van der Waals surface area contributed by atoms with Crippen LogP contribution in [0.4, 0.5) is 10.1 Å². The van der Waals surface area contributed by atoms with Crippen LogP contribution in [0.5, 0.6) is 5.75 Å². The van der Waals surface area contributed by atoms with Gasteiger partial charge in [0.25, 0.3) is 0 Å². The monoisotopic (exact) mass is 215 g/mol. The summed E-state index contributed by atoms with van der Waals surface area (Å²) in [6, 6.07) is 0.787. The summed E-state index contributed by atoms with van der Waals surface area (Å²) in [5.41, 5.74) is 10.1. The minimum atomic E-state index is -1.11. The average molecular weight is 215 g/mol. The molecule has 0 saturated heterocycles. The van der Waals surface area contributed by atoms with Crippen LogP contribution in [0.1, 0.15) is 11.6 Å². The van der Waals surface area contributed by atoms with Crippen molar-refractivity contribution in [3.8, 4) is 5.75 Å². The standard InChI is InChI=1S/C8H10FN3O3/c9-5-2-8(13)4(6(11)3-10)1-7(5)12(14)15/h1-2,6,13H,3,10-11H2/t6-/m0/s1. The first-order chi connectivity index (χ1) is 6.97. The highest BCUT2D eigenvalue weighted by Crippen LogP contribution is 2.29. The number of phenols is 1. The number of nitro groups is 1. The molecule has 0 saturated carbocycles. The highest BCUT2D eigenvalue weighted by molar-refractivity contribution is 5.45. The van der Waals surface area contributed by atoms with Crippen molar-refractivity contribution in [1.29, 1.82) is 0 Å². The highest BCUT2D eigenvalue weighted by Gasteiger charge is 2.20. The van der Waals surface area contributed by atoms with Crippen LogP contribution in [-0.4, -0.2) is 16.6 Å². The maximum Gasteiger partial charge on any atom is 0.305 e. The van der Waals surface area contributed by atoms with E-state index in [1.807, 2.05) is 0 Å². The topological polar surface area (TPSA) is 115 Å². The van der Waals surface area contributed by atoms with Gasteiger partial charge in [-0.15, -0.1) is 0 Å². The molecule has 0 aromatic heterocycles. The number of benzene rings is 1. The fourth-order valence-electron chi connectivity index (χ4n) is 1.13. The van der Waals surface area contributed by atoms with Crippen LogP contribution in [0.25, 0.3) is 0 Å². The molecule has 0 spiro atoms. The number of phenolic OH excluding ortho intramolecular Hbond substituents is 1. The quantitative estimate of drug-likeness (QED) is 0.498. The number of hydrogen-bond acceptors (Lipinski definition) is 5. The van der Waals surface area contributed by atoms with E-state index in [0.29, 0.717) is 6.07 Å². The van der Waals surface area contributed by atoms with Crippen LogP contribution in [-0.2, 0) is 0 Å². The van der Waals surface area contributed by atoms with Crippen LogP contribution in [0.2, 0.25) is 0 Å². The van der Waals surface area contributed by atoms with Crippen LogP contribution < -0.4 is 11.5 Å². The molecule has 0 fully saturated rings. The Bertz CT molecular complexity index is 397. The molecule has 6 nitrogen and oxygen atoms in total. The van der Waals surface area contributed by atoms with Crippen molar-refractivity contribution >= 4 is 5.69 Å². The molecule has 0 radical (unpaired) electrons. The molecule has 0 bridgehead atoms. The van der Waals surface area contributed by atoms with Gasteiger partial charge in [0.1, 0.15) is 5.75 Å². The molecule has 1 aromatic carbocycles. The first kappa shape index (κ1) is 11.3. The maximum atomic E-state index is 13.0. The second-order valence-electron chi connectivity index (χ2n) is 2.96. The van der Waals surface area contributed by atoms with Crippen molar-refractivity contribution in [2.45, 2.75) is 6.04 Å². The van der Waals surface area contributed by atoms with E-state index in [1.54, 1.807) is 0 Å². The summed E-state index contributed by atoms with van der Waals surface area (Å²) in [7, 11) is 0. The smallest absolute Gasteiger partial charge is 0.305 e. The summed E-state index contributed by atoms with van der Waals surface area (Å²) >= 11 is 0. The Morgan fingerprint density at radius 2 is 2.20 bits per heavy atom. The lowest BCUT2D eigenvalue weighted by atomic mass is 10.1. The maximum absolute atomic E-state index is 13.0. The molecule has 0 heterocycles. The number of rotatable bonds is 3. The summed E-state index contributed by atoms with van der Waals surface area (Å²) in [4.78, 5) is 9.52. The third kappa shape index (κ3) is 2.20. The summed E-state index contributed by atoms with van der Waals surface area (Å²) in [6.07, 6.45) is 0. The van der Waals surface area contributed by atoms with E-state index in [4.69, 9.17) is 11.5 Å². The predicted octanol–water partition coefficient (Wildman–Crippen LogP) is 0.398. The predicted molar refractivity (Wildman–Crippen MR) is 50.7 cm³/mol. The van der Waals surface area contributed by atoms with Crippen molar-refractivity contribution in [3.05, 3.63) is 33.6 Å². The third-order valence-electron chi connectivity index (χ3n) is 1.95. The van der Waals surface area contributed by atoms with Crippen LogP contribution in [0, 0.1) is 15.9 Å². The van der Waals surface area contributed by atoms with E-state index in [-0.39, 0.29) is 12.1 Å². The Kier molecular flexibility index (Phi) is 3.17. The van der Waals surface area contributed by atoms with Crippen molar-refractivity contribution in [2.24, 2.45) is 11.5 Å². The molecular weight excluding hydrogens is 205 g/mol. The zero-order valence-electron chi connectivity index (χ0n) is 7.68. The Labute approximate surface area is 84.5 Å². The lowest BCUT2D eigenvalue weighted by molar-refractivity contribution is -0.387. The van der Waals surface area contributed by atoms with Crippen molar-refractivity contribution in [2.75, 3.05) is 6.54 Å². The zero-order chi connectivity index (χ0) is 11.6. The molecule has 1 aromatic rings. The number of hydrogen-bond donors (Lipinski definition) is 3. The van der Waals surface area contributed by atoms with Gasteiger partial charge in [0.15, 0.2) is 0 Å². The van der Waals surface area contributed by atoms with Gasteiger partial charge in [-0.05, 0) is 0 Å². The van der Waals surface area contributed by atoms with Crippen molar-refractivity contribution < 1.29 is 14.4 Å². The van der Waals surface area contributed by atoms with Gasteiger partial charge < -0.3 is 16.6 Å².